The lowest BCUT2D eigenvalue weighted by Crippen LogP contribution is -2.36. The van der Waals surface area contributed by atoms with Crippen molar-refractivity contribution < 1.29 is 9.59 Å². The number of thiophene rings is 1. The highest BCUT2D eigenvalue weighted by molar-refractivity contribution is 7.10. The third-order valence-corrected chi connectivity index (χ3v) is 4.82. The lowest BCUT2D eigenvalue weighted by Gasteiger charge is -2.08. The van der Waals surface area contributed by atoms with Crippen molar-refractivity contribution in [2.45, 2.75) is 12.8 Å². The average Bonchev–Trinajstić information content (AvgIpc) is 3.29. The smallest absolute Gasteiger partial charge is 0.313 e. The van der Waals surface area contributed by atoms with Gasteiger partial charge < -0.3 is 16.0 Å². The van der Waals surface area contributed by atoms with Crippen LogP contribution in [-0.2, 0) is 9.59 Å². The van der Waals surface area contributed by atoms with Crippen LogP contribution in [-0.4, -0.2) is 29.9 Å². The molecule has 2 amide bonds. The van der Waals surface area contributed by atoms with E-state index < -0.39 is 11.8 Å². The number of carbonyl (C=O) groups excluding carboxylic acids is 2. The lowest BCUT2D eigenvalue weighted by atomic mass is 10.2. The largest absolute Gasteiger partial charge is 0.370 e. The Kier molecular flexibility index (Phi) is 8.01. The Labute approximate surface area is 179 Å². The van der Waals surface area contributed by atoms with Crippen molar-refractivity contribution in [2.24, 2.45) is 0 Å². The maximum absolute atomic E-state index is 12.1. The Morgan fingerprint density at radius 3 is 2.63 bits per heavy atom. The predicted octanol–water partition coefficient (Wildman–Crippen LogP) is 3.49. The van der Waals surface area contributed by atoms with Crippen LogP contribution in [0.5, 0.6) is 0 Å². The molecule has 2 aromatic heterocycles. The van der Waals surface area contributed by atoms with Crippen LogP contribution >= 0.6 is 11.3 Å². The first-order valence-corrected chi connectivity index (χ1v) is 10.5. The summed E-state index contributed by atoms with van der Waals surface area (Å²) in [7, 11) is 0. The Morgan fingerprint density at radius 1 is 0.933 bits per heavy atom. The summed E-state index contributed by atoms with van der Waals surface area (Å²) in [5.74, 6) is 5.60. The van der Waals surface area contributed by atoms with Gasteiger partial charge in [-0.05, 0) is 54.6 Å². The molecule has 1 aromatic carbocycles. The quantitative estimate of drug-likeness (QED) is 0.312. The van der Waals surface area contributed by atoms with E-state index in [1.54, 1.807) is 35.7 Å². The van der Waals surface area contributed by atoms with Gasteiger partial charge in [0.05, 0.1) is 4.88 Å². The molecular weight excluding hydrogens is 396 g/mol. The Hall–Kier alpha value is -3.63. The van der Waals surface area contributed by atoms with Gasteiger partial charge in [0.25, 0.3) is 0 Å². The van der Waals surface area contributed by atoms with Crippen molar-refractivity contribution in [1.29, 1.82) is 0 Å². The zero-order chi connectivity index (χ0) is 21.0. The number of anilines is 2. The number of carbonyl (C=O) groups is 2. The standard InChI is InChI=1S/C23H22N4O2S/c28-22(26-15-4-3-14-25-21-10-1-2-13-24-21)23(29)27-19-8-5-7-18(17-19)11-12-20-9-6-16-30-20/h1-2,5-10,13,16-17H,3-4,14-15H2,(H,24,25)(H,26,28)(H,27,29). The number of rotatable bonds is 7. The van der Waals surface area contributed by atoms with Crippen LogP contribution in [0.1, 0.15) is 23.3 Å². The lowest BCUT2D eigenvalue weighted by molar-refractivity contribution is -0.136. The number of aromatic nitrogens is 1. The van der Waals surface area contributed by atoms with Gasteiger partial charge in [-0.1, -0.05) is 30.0 Å². The first kappa shape index (κ1) is 21.1. The highest BCUT2D eigenvalue weighted by Gasteiger charge is 2.12. The molecule has 0 aliphatic carbocycles. The molecule has 3 aromatic rings. The summed E-state index contributed by atoms with van der Waals surface area (Å²) in [6, 6.07) is 16.7. The fraction of sp³-hybridized carbons (Fsp3) is 0.174. The normalized spacial score (nSPS) is 9.87. The van der Waals surface area contributed by atoms with Crippen molar-refractivity contribution in [3.8, 4) is 11.8 Å². The van der Waals surface area contributed by atoms with Gasteiger partial charge in [-0.25, -0.2) is 4.98 Å². The number of nitrogens with one attached hydrogen (secondary N) is 3. The van der Waals surface area contributed by atoms with E-state index in [1.165, 1.54) is 0 Å². The second-order valence-electron chi connectivity index (χ2n) is 6.37. The van der Waals surface area contributed by atoms with Crippen LogP contribution in [0.2, 0.25) is 0 Å². The second-order valence-corrected chi connectivity index (χ2v) is 7.31. The van der Waals surface area contributed by atoms with E-state index in [2.05, 4.69) is 32.8 Å². The third-order valence-electron chi connectivity index (χ3n) is 4.04. The van der Waals surface area contributed by atoms with Gasteiger partial charge in [-0.2, -0.15) is 0 Å². The zero-order valence-corrected chi connectivity index (χ0v) is 17.2. The molecule has 2 heterocycles. The molecule has 0 saturated carbocycles. The molecule has 3 rings (SSSR count). The SMILES string of the molecule is O=C(NCCCCNc1ccccn1)C(=O)Nc1cccc(C#Cc2cccs2)c1. The molecule has 6 nitrogen and oxygen atoms in total. The molecule has 0 aliphatic rings. The van der Waals surface area contributed by atoms with Crippen LogP contribution in [0, 0.1) is 11.8 Å². The van der Waals surface area contributed by atoms with Gasteiger partial charge in [-0.3, -0.25) is 9.59 Å². The maximum Gasteiger partial charge on any atom is 0.313 e. The molecule has 152 valence electrons. The van der Waals surface area contributed by atoms with E-state index in [0.29, 0.717) is 12.2 Å². The van der Waals surface area contributed by atoms with Crippen molar-refractivity contribution in [3.05, 3.63) is 76.6 Å². The Balaban J connectivity index is 1.38. The summed E-state index contributed by atoms with van der Waals surface area (Å²) in [6.07, 6.45) is 3.34. The fourth-order valence-corrected chi connectivity index (χ4v) is 3.13. The zero-order valence-electron chi connectivity index (χ0n) is 16.4. The fourth-order valence-electron chi connectivity index (χ4n) is 2.56. The number of hydrogen-bond donors (Lipinski definition) is 3. The van der Waals surface area contributed by atoms with Gasteiger partial charge in [0.2, 0.25) is 0 Å². The average molecular weight is 419 g/mol. The molecule has 30 heavy (non-hydrogen) atoms. The summed E-state index contributed by atoms with van der Waals surface area (Å²) in [5.41, 5.74) is 1.30. The highest BCUT2D eigenvalue weighted by Crippen LogP contribution is 2.11. The number of amides is 2. The molecule has 0 radical (unpaired) electrons. The number of benzene rings is 1. The molecule has 0 spiro atoms. The van der Waals surface area contributed by atoms with E-state index in [1.807, 2.05) is 41.8 Å². The van der Waals surface area contributed by atoms with Crippen molar-refractivity contribution >= 4 is 34.7 Å². The van der Waals surface area contributed by atoms with Gasteiger partial charge in [0.15, 0.2) is 0 Å². The van der Waals surface area contributed by atoms with Crippen LogP contribution < -0.4 is 16.0 Å². The number of pyridine rings is 1. The van der Waals surface area contributed by atoms with Crippen LogP contribution in [0.15, 0.2) is 66.2 Å². The number of unbranched alkanes of at least 4 members (excludes halogenated alkanes) is 1. The molecule has 0 aliphatic heterocycles. The second kappa shape index (κ2) is 11.4. The van der Waals surface area contributed by atoms with Crippen LogP contribution in [0.3, 0.4) is 0 Å². The van der Waals surface area contributed by atoms with E-state index >= 15 is 0 Å². The summed E-state index contributed by atoms with van der Waals surface area (Å²) in [5, 5.41) is 10.4. The van der Waals surface area contributed by atoms with Crippen LogP contribution in [0.4, 0.5) is 11.5 Å². The minimum absolute atomic E-state index is 0.433. The van der Waals surface area contributed by atoms with Gasteiger partial charge in [-0.15, -0.1) is 11.3 Å². The number of hydrogen-bond acceptors (Lipinski definition) is 5. The van der Waals surface area contributed by atoms with E-state index in [-0.39, 0.29) is 0 Å². The summed E-state index contributed by atoms with van der Waals surface area (Å²) in [6.45, 7) is 1.18. The monoisotopic (exact) mass is 418 g/mol. The van der Waals surface area contributed by atoms with E-state index in [0.717, 1.165) is 35.6 Å². The van der Waals surface area contributed by atoms with Crippen molar-refractivity contribution in [2.75, 3.05) is 23.7 Å². The molecule has 0 fully saturated rings. The van der Waals surface area contributed by atoms with Crippen molar-refractivity contribution in [1.82, 2.24) is 10.3 Å². The Morgan fingerprint density at radius 2 is 1.83 bits per heavy atom. The topological polar surface area (TPSA) is 83.1 Å². The van der Waals surface area contributed by atoms with E-state index in [9.17, 15) is 9.59 Å². The molecule has 0 atom stereocenters. The predicted molar refractivity (Wildman–Crippen MR) is 120 cm³/mol. The van der Waals surface area contributed by atoms with Gasteiger partial charge in [0, 0.05) is 30.5 Å². The van der Waals surface area contributed by atoms with Gasteiger partial charge >= 0.3 is 11.8 Å². The van der Waals surface area contributed by atoms with Gasteiger partial charge in [0.1, 0.15) is 5.82 Å². The highest BCUT2D eigenvalue weighted by atomic mass is 32.1. The molecule has 7 heteroatoms. The third kappa shape index (κ3) is 7.08. The van der Waals surface area contributed by atoms with E-state index in [4.69, 9.17) is 0 Å². The molecule has 3 N–H and O–H groups in total. The molecular formula is C23H22N4O2S. The number of nitrogens with zero attached hydrogens (tertiary/aromatic N) is 1. The summed E-state index contributed by atoms with van der Waals surface area (Å²) in [4.78, 5) is 29.2. The minimum atomic E-state index is -0.690. The first-order valence-electron chi connectivity index (χ1n) is 9.60. The summed E-state index contributed by atoms with van der Waals surface area (Å²) < 4.78 is 0. The minimum Gasteiger partial charge on any atom is -0.370 e. The van der Waals surface area contributed by atoms with Crippen molar-refractivity contribution in [3.63, 3.8) is 0 Å². The maximum atomic E-state index is 12.1. The molecule has 0 saturated heterocycles. The Bertz CT molecular complexity index is 1020. The molecule has 0 bridgehead atoms. The van der Waals surface area contributed by atoms with Crippen LogP contribution in [0.25, 0.3) is 0 Å². The summed E-state index contributed by atoms with van der Waals surface area (Å²) >= 11 is 1.57. The first-order chi connectivity index (χ1) is 14.7. The molecule has 0 unspecified atom stereocenters.